The Balaban J connectivity index is 1.89. The van der Waals surface area contributed by atoms with Gasteiger partial charge in [-0.15, -0.1) is 0 Å². The topological polar surface area (TPSA) is 21.3 Å². The van der Waals surface area contributed by atoms with Gasteiger partial charge in [-0.25, -0.2) is 0 Å². The van der Waals surface area contributed by atoms with Crippen LogP contribution in [0.15, 0.2) is 18.2 Å². The molecule has 2 aliphatic rings. The molecule has 0 spiro atoms. The third-order valence-corrected chi connectivity index (χ3v) is 5.35. The lowest BCUT2D eigenvalue weighted by molar-refractivity contribution is 0.146. The normalized spacial score (nSPS) is 25.2. The molecule has 1 aromatic carbocycles. The van der Waals surface area contributed by atoms with Gasteiger partial charge in [0.1, 0.15) is 11.9 Å². The lowest BCUT2D eigenvalue weighted by atomic mass is 9.68. The summed E-state index contributed by atoms with van der Waals surface area (Å²) in [6.45, 7) is 7.89. The second kappa shape index (κ2) is 6.00. The highest BCUT2D eigenvalue weighted by atomic mass is 16.5. The number of fused-ring (bicyclic) bond motifs is 1. The van der Waals surface area contributed by atoms with E-state index in [4.69, 9.17) is 4.74 Å². The number of rotatable bonds is 4. The lowest BCUT2D eigenvalue weighted by Crippen LogP contribution is -2.37. The Morgan fingerprint density at radius 3 is 2.76 bits per heavy atom. The molecule has 21 heavy (non-hydrogen) atoms. The smallest absolute Gasteiger partial charge is 0.123 e. The largest absolute Gasteiger partial charge is 0.490 e. The average molecular weight is 287 g/mol. The first-order valence-corrected chi connectivity index (χ1v) is 8.65. The predicted octanol–water partition coefficient (Wildman–Crippen LogP) is 4.63. The highest BCUT2D eigenvalue weighted by molar-refractivity contribution is 5.42. The third-order valence-electron chi connectivity index (χ3n) is 5.35. The van der Waals surface area contributed by atoms with Gasteiger partial charge >= 0.3 is 0 Å². The molecule has 1 saturated carbocycles. The summed E-state index contributed by atoms with van der Waals surface area (Å²) < 4.78 is 5.85. The van der Waals surface area contributed by atoms with Crippen LogP contribution < -0.4 is 10.1 Å². The molecule has 1 fully saturated rings. The third kappa shape index (κ3) is 2.96. The van der Waals surface area contributed by atoms with E-state index in [0.717, 1.165) is 18.7 Å². The van der Waals surface area contributed by atoms with Crippen LogP contribution in [0.5, 0.6) is 5.75 Å². The van der Waals surface area contributed by atoms with Crippen LogP contribution in [0.25, 0.3) is 0 Å². The van der Waals surface area contributed by atoms with E-state index in [1.54, 1.807) is 0 Å². The van der Waals surface area contributed by atoms with Crippen LogP contribution in [0.3, 0.4) is 0 Å². The Bertz CT molecular complexity index is 490. The van der Waals surface area contributed by atoms with Gasteiger partial charge in [0.25, 0.3) is 0 Å². The van der Waals surface area contributed by atoms with Crippen molar-refractivity contribution in [1.29, 1.82) is 0 Å². The van der Waals surface area contributed by atoms with Crippen LogP contribution >= 0.6 is 0 Å². The maximum atomic E-state index is 5.85. The van der Waals surface area contributed by atoms with Gasteiger partial charge in [-0.05, 0) is 48.9 Å². The van der Waals surface area contributed by atoms with Gasteiger partial charge in [-0.3, -0.25) is 0 Å². The fourth-order valence-corrected chi connectivity index (χ4v) is 4.24. The van der Waals surface area contributed by atoms with Crippen LogP contribution in [0.1, 0.15) is 70.0 Å². The number of hydrogen-bond acceptors (Lipinski definition) is 2. The first-order valence-electron chi connectivity index (χ1n) is 8.65. The average Bonchev–Trinajstić information content (AvgIpc) is 2.84. The first kappa shape index (κ1) is 14.9. The van der Waals surface area contributed by atoms with E-state index < -0.39 is 0 Å². The highest BCUT2D eigenvalue weighted by Gasteiger charge is 2.36. The van der Waals surface area contributed by atoms with Gasteiger partial charge in [-0.2, -0.15) is 0 Å². The zero-order valence-electron chi connectivity index (χ0n) is 13.7. The van der Waals surface area contributed by atoms with Gasteiger partial charge in [-0.1, -0.05) is 45.2 Å². The van der Waals surface area contributed by atoms with Gasteiger partial charge < -0.3 is 10.1 Å². The fourth-order valence-electron chi connectivity index (χ4n) is 4.24. The first-order chi connectivity index (χ1) is 10.1. The summed E-state index contributed by atoms with van der Waals surface area (Å²) in [7, 11) is 0. The monoisotopic (exact) mass is 287 g/mol. The molecule has 0 aromatic heterocycles. The summed E-state index contributed by atoms with van der Waals surface area (Å²) >= 11 is 0. The van der Waals surface area contributed by atoms with E-state index in [9.17, 15) is 0 Å². The van der Waals surface area contributed by atoms with Crippen molar-refractivity contribution in [3.05, 3.63) is 29.3 Å². The molecule has 1 aromatic rings. The molecule has 3 rings (SSSR count). The maximum Gasteiger partial charge on any atom is 0.123 e. The van der Waals surface area contributed by atoms with Crippen molar-refractivity contribution in [2.45, 2.75) is 71.4 Å². The summed E-state index contributed by atoms with van der Waals surface area (Å²) in [5.74, 6) is 1.09. The molecule has 0 bridgehead atoms. The standard InChI is InChI=1S/C19H29NO/c1-4-20-18(19(3)10-6-5-7-11-19)15-8-9-17-16(13-15)12-14(2)21-17/h8-9,13-14,18,20H,4-7,10-12H2,1-3H3. The Hall–Kier alpha value is -1.02. The van der Waals surface area contributed by atoms with Crippen LogP contribution in [0, 0.1) is 5.41 Å². The second-order valence-electron chi connectivity index (χ2n) is 7.21. The summed E-state index contributed by atoms with van der Waals surface area (Å²) in [5.41, 5.74) is 3.24. The molecule has 0 amide bonds. The van der Waals surface area contributed by atoms with E-state index in [1.807, 2.05) is 0 Å². The van der Waals surface area contributed by atoms with E-state index >= 15 is 0 Å². The Labute approximate surface area is 129 Å². The minimum Gasteiger partial charge on any atom is -0.490 e. The molecule has 2 nitrogen and oxygen atoms in total. The number of nitrogens with one attached hydrogen (secondary N) is 1. The van der Waals surface area contributed by atoms with Gasteiger partial charge in [0, 0.05) is 12.5 Å². The Morgan fingerprint density at radius 2 is 2.05 bits per heavy atom. The molecule has 0 radical (unpaired) electrons. The molecular weight excluding hydrogens is 258 g/mol. The predicted molar refractivity (Wildman–Crippen MR) is 87.8 cm³/mol. The Morgan fingerprint density at radius 1 is 1.29 bits per heavy atom. The highest BCUT2D eigenvalue weighted by Crippen LogP contribution is 2.46. The van der Waals surface area contributed by atoms with Crippen molar-refractivity contribution in [2.24, 2.45) is 5.41 Å². The van der Waals surface area contributed by atoms with Crippen LogP contribution in [-0.2, 0) is 6.42 Å². The number of ether oxygens (including phenoxy) is 1. The van der Waals surface area contributed by atoms with E-state index in [-0.39, 0.29) is 0 Å². The molecule has 1 aliphatic heterocycles. The fraction of sp³-hybridized carbons (Fsp3) is 0.684. The van der Waals surface area contributed by atoms with Crippen molar-refractivity contribution in [3.8, 4) is 5.75 Å². The molecule has 0 saturated heterocycles. The summed E-state index contributed by atoms with van der Waals surface area (Å²) in [6, 6.07) is 7.34. The minimum atomic E-state index is 0.332. The van der Waals surface area contributed by atoms with Crippen molar-refractivity contribution >= 4 is 0 Å². The minimum absolute atomic E-state index is 0.332. The molecule has 1 aliphatic carbocycles. The molecule has 2 heteroatoms. The summed E-state index contributed by atoms with van der Waals surface area (Å²) in [6.07, 6.45) is 8.23. The van der Waals surface area contributed by atoms with Crippen molar-refractivity contribution < 1.29 is 4.74 Å². The molecular formula is C19H29NO. The zero-order valence-corrected chi connectivity index (χ0v) is 13.7. The van der Waals surface area contributed by atoms with Gasteiger partial charge in [0.15, 0.2) is 0 Å². The van der Waals surface area contributed by atoms with Gasteiger partial charge in [0.2, 0.25) is 0 Å². The van der Waals surface area contributed by atoms with Crippen LogP contribution in [-0.4, -0.2) is 12.6 Å². The number of hydrogen-bond donors (Lipinski definition) is 1. The Kier molecular flexibility index (Phi) is 4.26. The number of benzene rings is 1. The van der Waals surface area contributed by atoms with Crippen LogP contribution in [0.2, 0.25) is 0 Å². The molecule has 1 N–H and O–H groups in total. The van der Waals surface area contributed by atoms with E-state index in [1.165, 1.54) is 43.2 Å². The second-order valence-corrected chi connectivity index (χ2v) is 7.21. The van der Waals surface area contributed by atoms with E-state index in [0.29, 0.717) is 17.6 Å². The van der Waals surface area contributed by atoms with Gasteiger partial charge in [0.05, 0.1) is 0 Å². The van der Waals surface area contributed by atoms with Crippen molar-refractivity contribution in [2.75, 3.05) is 6.54 Å². The van der Waals surface area contributed by atoms with Crippen molar-refractivity contribution in [3.63, 3.8) is 0 Å². The SMILES string of the molecule is CCNC(c1ccc2c(c1)CC(C)O2)C1(C)CCCCC1. The molecule has 2 atom stereocenters. The maximum absolute atomic E-state index is 5.85. The van der Waals surface area contributed by atoms with Crippen molar-refractivity contribution in [1.82, 2.24) is 5.32 Å². The lowest BCUT2D eigenvalue weighted by Gasteiger charge is -2.41. The summed E-state index contributed by atoms with van der Waals surface area (Å²) in [5, 5.41) is 3.77. The molecule has 116 valence electrons. The molecule has 2 unspecified atom stereocenters. The quantitative estimate of drug-likeness (QED) is 0.871. The van der Waals surface area contributed by atoms with Crippen LogP contribution in [0.4, 0.5) is 0 Å². The zero-order chi connectivity index (χ0) is 14.9. The molecule has 1 heterocycles. The van der Waals surface area contributed by atoms with E-state index in [2.05, 4.69) is 44.3 Å². The summed E-state index contributed by atoms with van der Waals surface area (Å²) in [4.78, 5) is 0.